The molecular weight excluding hydrogens is 1280 g/mol. The second kappa shape index (κ2) is 113. The van der Waals surface area contributed by atoms with Crippen LogP contribution in [0.4, 0.5) is 0 Å². The van der Waals surface area contributed by atoms with Crippen molar-refractivity contribution in [1.29, 1.82) is 0 Å². The third-order valence-corrected chi connectivity index (χ3v) is 10.6. The van der Waals surface area contributed by atoms with Gasteiger partial charge in [0.05, 0.1) is 41.7 Å². The average Bonchev–Trinajstić information content (AvgIpc) is 4.67. The number of oxazole rings is 2. The standard InChI is InChI=1S/C7H8.2C5H7N.C5H6O.C5H6S.C4H6N2.3C4H5NO.3C4H5NS.12C2H6/c1-7-5-3-2-4-6-7;4*1-5-3-2-4-6-5;2*1-4-2-5-3-6-4;1-4-5-2-3-6-4;1-4-2-3-5-6-4;1-4-2-5-3-6-4;1-4-5-2-3-6-4;1-4-2-3-5-6-4;12*1-2/h2-6H,1H3;2*2-4,6H,1H3;2*2-4H,1H3;2-3H,1H3,(H,5,6);6*2-3H,1H3;12*1-2H3. The summed E-state index contributed by atoms with van der Waals surface area (Å²) in [5.41, 5.74) is 6.69. The van der Waals surface area contributed by atoms with E-state index in [2.05, 4.69) is 97.4 Å². The third kappa shape index (κ3) is 110. The smallest absolute Gasteiger partial charge is 0.190 e. The molecule has 0 amide bonds. The first-order valence-electron chi connectivity index (χ1n) is 34.6. The second-order valence-corrected chi connectivity index (χ2v) is 19.0. The number of imidazole rings is 1. The lowest BCUT2D eigenvalue weighted by Gasteiger charge is -1.82. The lowest BCUT2D eigenvalue weighted by Crippen LogP contribution is -1.62. The van der Waals surface area contributed by atoms with Gasteiger partial charge >= 0.3 is 0 Å². The maximum atomic E-state index is 4.83. The first-order chi connectivity index (χ1) is 47.2. The fourth-order valence-electron chi connectivity index (χ4n) is 4.13. The molecule has 18 heteroatoms. The van der Waals surface area contributed by atoms with Crippen molar-refractivity contribution in [3.8, 4) is 0 Å². The second-order valence-electron chi connectivity index (χ2n) is 14.6. The highest BCUT2D eigenvalue weighted by Crippen LogP contribution is 2.04. The van der Waals surface area contributed by atoms with Crippen LogP contribution in [-0.4, -0.2) is 49.4 Å². The summed E-state index contributed by atoms with van der Waals surface area (Å²) in [6.45, 7) is 71.7. The lowest BCUT2D eigenvalue weighted by molar-refractivity contribution is 0.397. The van der Waals surface area contributed by atoms with Gasteiger partial charge in [0.25, 0.3) is 0 Å². The van der Waals surface area contributed by atoms with E-state index in [9.17, 15) is 0 Å². The fraction of sp³-hybridized carbons (Fsp3) is 0.456. The average molecular weight is 1420 g/mol. The summed E-state index contributed by atoms with van der Waals surface area (Å²) in [4.78, 5) is 31.8. The van der Waals surface area contributed by atoms with Crippen LogP contribution in [0, 0.1) is 83.1 Å². The van der Waals surface area contributed by atoms with E-state index in [-0.39, 0.29) is 0 Å². The Bertz CT molecular complexity index is 2150. The predicted octanol–water partition coefficient (Wildman–Crippen LogP) is 28.6. The van der Waals surface area contributed by atoms with E-state index in [1.165, 1.54) is 49.5 Å². The van der Waals surface area contributed by atoms with Crippen LogP contribution in [0.3, 0.4) is 0 Å². The van der Waals surface area contributed by atoms with Crippen LogP contribution in [0.2, 0.25) is 0 Å². The number of hydrogen-bond acceptors (Lipinski definition) is 15. The van der Waals surface area contributed by atoms with Gasteiger partial charge in [-0.25, -0.2) is 19.3 Å². The minimum atomic E-state index is 0.718. The topological polar surface area (TPSA) is 190 Å². The summed E-state index contributed by atoms with van der Waals surface area (Å²) in [5.74, 6) is 3.40. The molecule has 12 rings (SSSR count). The van der Waals surface area contributed by atoms with Crippen LogP contribution in [0.5, 0.6) is 0 Å². The van der Waals surface area contributed by atoms with Gasteiger partial charge in [0.15, 0.2) is 12.3 Å². The highest BCUT2D eigenvalue weighted by atomic mass is 32.1. The van der Waals surface area contributed by atoms with Gasteiger partial charge in [0.1, 0.15) is 23.5 Å². The maximum absolute atomic E-state index is 4.83. The van der Waals surface area contributed by atoms with Crippen molar-refractivity contribution in [1.82, 2.24) is 49.4 Å². The number of aromatic nitrogens is 10. The van der Waals surface area contributed by atoms with Crippen molar-refractivity contribution in [3.05, 3.63) is 254 Å². The molecule has 14 nitrogen and oxygen atoms in total. The van der Waals surface area contributed by atoms with Gasteiger partial charge in [0.2, 0.25) is 0 Å². The van der Waals surface area contributed by atoms with Crippen LogP contribution >= 0.6 is 45.5 Å². The molecule has 12 aromatic rings. The number of thiazole rings is 2. The molecule has 0 aliphatic carbocycles. The number of furan rings is 1. The number of nitrogens with one attached hydrogen (secondary N) is 3. The molecule has 0 atom stereocenters. The molecule has 0 bridgehead atoms. The number of nitrogens with zero attached hydrogens (tertiary/aromatic N) is 7. The Labute approximate surface area is 611 Å². The Hall–Kier alpha value is -7.51. The molecule has 1 aromatic carbocycles. The number of benzene rings is 1. The monoisotopic (exact) mass is 1420 g/mol. The van der Waals surface area contributed by atoms with Crippen molar-refractivity contribution in [3.63, 3.8) is 0 Å². The molecule has 0 aliphatic heterocycles. The molecule has 97 heavy (non-hydrogen) atoms. The normalized spacial score (nSPS) is 7.38. The van der Waals surface area contributed by atoms with Gasteiger partial charge in [-0.2, -0.15) is 0 Å². The van der Waals surface area contributed by atoms with E-state index in [0.717, 1.165) is 33.9 Å². The molecule has 0 saturated heterocycles. The number of H-pyrrole nitrogens is 3. The van der Waals surface area contributed by atoms with E-state index >= 15 is 0 Å². The Balaban J connectivity index is -0.0000000790. The minimum absolute atomic E-state index is 0.718. The Morgan fingerprint density at radius 3 is 1.03 bits per heavy atom. The van der Waals surface area contributed by atoms with Crippen LogP contribution in [0.15, 0.2) is 206 Å². The fourth-order valence-corrected chi connectivity index (χ4v) is 5.92. The summed E-state index contributed by atoms with van der Waals surface area (Å²) in [7, 11) is 0. The lowest BCUT2D eigenvalue weighted by atomic mass is 10.2. The van der Waals surface area contributed by atoms with Crippen molar-refractivity contribution < 1.29 is 17.8 Å². The van der Waals surface area contributed by atoms with E-state index in [0.29, 0.717) is 0 Å². The SMILES string of the molecule is CC.CC.CC.CC.CC.CC.CC.CC.CC.CC.CC.CC.Cc1ccc[nH]1.Cc1ccc[nH]1.Cc1ccccc1.Cc1ccco1.Cc1cccs1.Cc1ccno1.Cc1ccns1.Cc1cnc[nH]1.Cc1cnco1.Cc1cncs1.Cc1ncco1.Cc1nccs1. The van der Waals surface area contributed by atoms with Gasteiger partial charge in [-0.1, -0.05) is 213 Å². The Morgan fingerprint density at radius 2 is 0.907 bits per heavy atom. The zero-order valence-corrected chi connectivity index (χ0v) is 71.1. The van der Waals surface area contributed by atoms with Crippen LogP contribution in [0.25, 0.3) is 0 Å². The van der Waals surface area contributed by atoms with Gasteiger partial charge in [-0.3, -0.25) is 9.97 Å². The number of rotatable bonds is 0. The molecule has 0 aliphatic rings. The van der Waals surface area contributed by atoms with Gasteiger partial charge < -0.3 is 32.7 Å². The summed E-state index contributed by atoms with van der Waals surface area (Å²) in [6, 6.07) is 30.0. The van der Waals surface area contributed by atoms with Gasteiger partial charge in [-0.05, 0) is 142 Å². The van der Waals surface area contributed by atoms with Crippen LogP contribution in [0.1, 0.15) is 232 Å². The zero-order valence-electron chi connectivity index (χ0n) is 67.8. The van der Waals surface area contributed by atoms with E-state index in [4.69, 9.17) is 13.3 Å². The highest BCUT2D eigenvalue weighted by molar-refractivity contribution is 7.10. The molecule has 0 unspecified atom stereocenters. The first kappa shape index (κ1) is 117. The number of aromatic amines is 3. The van der Waals surface area contributed by atoms with Crippen LogP contribution < -0.4 is 0 Å². The molecule has 11 aromatic heterocycles. The van der Waals surface area contributed by atoms with E-state index in [1.54, 1.807) is 103 Å². The quantitative estimate of drug-likeness (QED) is 0.131. The highest BCUT2D eigenvalue weighted by Gasteiger charge is 1.82. The summed E-state index contributed by atoms with van der Waals surface area (Å²) in [6.07, 6.45) is 22.3. The predicted molar refractivity (Wildman–Crippen MR) is 439 cm³/mol. The first-order valence-corrected chi connectivity index (χ1v) is 38.0. The summed E-state index contributed by atoms with van der Waals surface area (Å²) in [5, 5.41) is 8.63. The van der Waals surface area contributed by atoms with Gasteiger partial charge in [0, 0.05) is 87.3 Å². The minimum Gasteiger partial charge on any atom is -0.470 e. The molecule has 3 N–H and O–H groups in total. The van der Waals surface area contributed by atoms with Crippen molar-refractivity contribution in [2.45, 2.75) is 249 Å². The largest absolute Gasteiger partial charge is 0.470 e. The molecular formula is C79H142N10O4S4. The number of hydrogen-bond donors (Lipinski definition) is 3. The number of thiophene rings is 1. The van der Waals surface area contributed by atoms with Gasteiger partial charge in [-0.15, -0.1) is 34.0 Å². The molecule has 0 saturated carbocycles. The maximum Gasteiger partial charge on any atom is 0.190 e. The van der Waals surface area contributed by atoms with Crippen molar-refractivity contribution >= 4 is 45.5 Å². The summed E-state index contributed by atoms with van der Waals surface area (Å²) >= 11 is 6.64. The third-order valence-electron chi connectivity index (χ3n) is 7.77. The number of aryl methyl sites for hydroxylation is 12. The van der Waals surface area contributed by atoms with E-state index < -0.39 is 0 Å². The molecule has 556 valence electrons. The molecule has 0 spiro atoms. The molecule has 0 fully saturated rings. The molecule has 0 radical (unpaired) electrons. The Morgan fingerprint density at radius 1 is 0.351 bits per heavy atom. The van der Waals surface area contributed by atoms with E-state index in [1.807, 2.05) is 319 Å². The molecule has 11 heterocycles. The summed E-state index contributed by atoms with van der Waals surface area (Å²) < 4.78 is 22.7. The van der Waals surface area contributed by atoms with Crippen molar-refractivity contribution in [2.24, 2.45) is 0 Å². The van der Waals surface area contributed by atoms with Crippen LogP contribution in [-0.2, 0) is 0 Å². The van der Waals surface area contributed by atoms with Crippen molar-refractivity contribution in [2.75, 3.05) is 0 Å². The zero-order chi connectivity index (χ0) is 77.6. The Kier molecular flexibility index (Phi) is 136.